The van der Waals surface area contributed by atoms with E-state index in [1.165, 1.54) is 0 Å². The van der Waals surface area contributed by atoms with E-state index in [1.54, 1.807) is 0 Å². The van der Waals surface area contributed by atoms with Gasteiger partial charge in [0.2, 0.25) is 0 Å². The maximum Gasteiger partial charge on any atom is 0.186 e. The van der Waals surface area contributed by atoms with Crippen LogP contribution in [0, 0.1) is 52.3 Å². The van der Waals surface area contributed by atoms with Crippen LogP contribution in [0.5, 0.6) is 0 Å². The fraction of sp³-hybridized carbons (Fsp3) is 0.974. The predicted molar refractivity (Wildman–Crippen MR) is 177 cm³/mol. The summed E-state index contributed by atoms with van der Waals surface area (Å²) < 4.78 is 36.6. The maximum atomic E-state index is 14.2. The largest absolute Gasteiger partial charge is 0.394 e. The third-order valence-electron chi connectivity index (χ3n) is 15.6. The molecule has 21 atom stereocenters. The third-order valence-corrected chi connectivity index (χ3v) is 15.6. The van der Waals surface area contributed by atoms with Crippen LogP contribution >= 0.6 is 0 Å². The average Bonchev–Trinajstić information content (AvgIpc) is 3.55. The highest BCUT2D eigenvalue weighted by Crippen LogP contribution is 2.71. The summed E-state index contributed by atoms with van der Waals surface area (Å²) in [6.07, 6.45) is -5.12. The molecule has 4 saturated heterocycles. The second kappa shape index (κ2) is 13.4. The highest BCUT2D eigenvalue weighted by Gasteiger charge is 2.70. The second-order valence-electron chi connectivity index (χ2n) is 18.2. The van der Waals surface area contributed by atoms with Crippen LogP contribution in [-0.2, 0) is 33.2 Å². The molecule has 51 heavy (non-hydrogen) atoms. The first-order valence-corrected chi connectivity index (χ1v) is 19.6. The van der Waals surface area contributed by atoms with Crippen molar-refractivity contribution in [2.24, 2.45) is 52.3 Å². The van der Waals surface area contributed by atoms with Gasteiger partial charge in [0.05, 0.1) is 32.0 Å². The molecule has 0 aromatic heterocycles. The molecule has 4 aliphatic heterocycles. The Kier molecular flexibility index (Phi) is 9.79. The van der Waals surface area contributed by atoms with Crippen molar-refractivity contribution in [3.8, 4) is 0 Å². The molecule has 8 fully saturated rings. The number of carbonyl (C=O) groups is 1. The Morgan fingerprint density at radius 2 is 1.57 bits per heavy atom. The minimum absolute atomic E-state index is 0.118. The van der Waals surface area contributed by atoms with Crippen molar-refractivity contribution in [3.63, 3.8) is 0 Å². The van der Waals surface area contributed by atoms with Gasteiger partial charge in [0, 0.05) is 24.7 Å². The number of Topliss-reactive ketones (excluding diaryl/α,β-unsaturated/α-hetero) is 1. The van der Waals surface area contributed by atoms with Crippen LogP contribution in [0.3, 0.4) is 0 Å². The summed E-state index contributed by atoms with van der Waals surface area (Å²) in [5.41, 5.74) is -0.0420. The highest BCUT2D eigenvalue weighted by atomic mass is 16.7. The van der Waals surface area contributed by atoms with Gasteiger partial charge in [0.15, 0.2) is 18.4 Å². The summed E-state index contributed by atoms with van der Waals surface area (Å²) in [6, 6.07) is 0. The molecular formula is C38H60O13. The number of aliphatic hydroxyl groups is 6. The minimum Gasteiger partial charge on any atom is -0.394 e. The third kappa shape index (κ3) is 5.82. The van der Waals surface area contributed by atoms with Crippen LogP contribution in [0.25, 0.3) is 0 Å². The molecule has 0 aromatic rings. The van der Waals surface area contributed by atoms with E-state index in [9.17, 15) is 35.4 Å². The lowest BCUT2D eigenvalue weighted by Gasteiger charge is -2.60. The second-order valence-corrected chi connectivity index (χ2v) is 18.2. The Morgan fingerprint density at radius 3 is 2.29 bits per heavy atom. The van der Waals surface area contributed by atoms with Gasteiger partial charge in [-0.3, -0.25) is 4.79 Å². The lowest BCUT2D eigenvalue weighted by molar-refractivity contribution is -0.354. The van der Waals surface area contributed by atoms with Crippen LogP contribution in [-0.4, -0.2) is 130 Å². The quantitative estimate of drug-likeness (QED) is 0.222. The molecule has 4 saturated carbocycles. The van der Waals surface area contributed by atoms with Crippen LogP contribution in [0.4, 0.5) is 0 Å². The molecule has 0 radical (unpaired) electrons. The van der Waals surface area contributed by atoms with E-state index in [2.05, 4.69) is 27.7 Å². The molecule has 13 nitrogen and oxygen atoms in total. The van der Waals surface area contributed by atoms with E-state index in [1.807, 2.05) is 0 Å². The summed E-state index contributed by atoms with van der Waals surface area (Å²) in [6.45, 7) is 9.24. The molecule has 290 valence electrons. The Morgan fingerprint density at radius 1 is 0.824 bits per heavy atom. The zero-order valence-electron chi connectivity index (χ0n) is 30.4. The van der Waals surface area contributed by atoms with Crippen LogP contribution in [0.1, 0.15) is 85.5 Å². The van der Waals surface area contributed by atoms with E-state index < -0.39 is 73.8 Å². The van der Waals surface area contributed by atoms with Crippen molar-refractivity contribution in [1.82, 2.24) is 0 Å². The number of ketones is 1. The van der Waals surface area contributed by atoms with E-state index in [0.717, 1.165) is 45.1 Å². The maximum absolute atomic E-state index is 14.2. The summed E-state index contributed by atoms with van der Waals surface area (Å²) in [4.78, 5) is 14.2. The molecule has 8 aliphatic rings. The van der Waals surface area contributed by atoms with E-state index in [-0.39, 0.29) is 35.2 Å². The van der Waals surface area contributed by atoms with Crippen molar-refractivity contribution >= 4 is 5.78 Å². The fourth-order valence-corrected chi connectivity index (χ4v) is 12.7. The summed E-state index contributed by atoms with van der Waals surface area (Å²) in [5, 5.41) is 62.4. The Labute approximate surface area is 300 Å². The van der Waals surface area contributed by atoms with Crippen molar-refractivity contribution in [3.05, 3.63) is 0 Å². The van der Waals surface area contributed by atoms with E-state index in [0.29, 0.717) is 54.8 Å². The first kappa shape index (κ1) is 37.1. The van der Waals surface area contributed by atoms with Crippen molar-refractivity contribution in [2.45, 2.75) is 159 Å². The topological polar surface area (TPSA) is 194 Å². The summed E-state index contributed by atoms with van der Waals surface area (Å²) in [5.74, 6) is 2.18. The molecule has 6 N–H and O–H groups in total. The highest BCUT2D eigenvalue weighted by molar-refractivity contribution is 5.83. The Bertz CT molecular complexity index is 1290. The molecule has 8 rings (SSSR count). The number of carbonyl (C=O) groups excluding carboxylic acids is 1. The van der Waals surface area contributed by atoms with Crippen molar-refractivity contribution < 1.29 is 63.9 Å². The SMILES string of the molecule is CC1CCC2(OC1)OC1CC3C4CC(=O)C5CC(OC6OC(CO)C(OC7OCC(O)C(O)C7O)C(O)C6O)CCC5(C)C4CCC3(C)C1C2C. The zero-order valence-corrected chi connectivity index (χ0v) is 30.4. The summed E-state index contributed by atoms with van der Waals surface area (Å²) >= 11 is 0. The van der Waals surface area contributed by atoms with Gasteiger partial charge in [-0.25, -0.2) is 0 Å². The minimum atomic E-state index is -1.62. The van der Waals surface area contributed by atoms with Gasteiger partial charge in [0.25, 0.3) is 0 Å². The van der Waals surface area contributed by atoms with Gasteiger partial charge in [-0.1, -0.05) is 27.7 Å². The smallest absolute Gasteiger partial charge is 0.186 e. The van der Waals surface area contributed by atoms with E-state index in [4.69, 9.17) is 28.4 Å². The van der Waals surface area contributed by atoms with Gasteiger partial charge >= 0.3 is 0 Å². The van der Waals surface area contributed by atoms with Gasteiger partial charge < -0.3 is 59.1 Å². The van der Waals surface area contributed by atoms with Crippen LogP contribution in [0.2, 0.25) is 0 Å². The van der Waals surface area contributed by atoms with Crippen molar-refractivity contribution in [1.29, 1.82) is 0 Å². The normalized spacial score (nSPS) is 58.5. The Hall–Kier alpha value is -0.810. The van der Waals surface area contributed by atoms with Gasteiger partial charge in [-0.15, -0.1) is 0 Å². The zero-order chi connectivity index (χ0) is 36.2. The lowest BCUT2D eigenvalue weighted by Crippen LogP contribution is -2.63. The average molecular weight is 725 g/mol. The summed E-state index contributed by atoms with van der Waals surface area (Å²) in [7, 11) is 0. The number of rotatable bonds is 5. The monoisotopic (exact) mass is 724 g/mol. The van der Waals surface area contributed by atoms with Gasteiger partial charge in [0.1, 0.15) is 48.5 Å². The molecule has 0 bridgehead atoms. The van der Waals surface area contributed by atoms with Crippen LogP contribution in [0.15, 0.2) is 0 Å². The fourth-order valence-electron chi connectivity index (χ4n) is 12.7. The number of aliphatic hydroxyl groups excluding tert-OH is 6. The predicted octanol–water partition coefficient (Wildman–Crippen LogP) is 1.26. The molecule has 4 heterocycles. The number of hydrogen-bond acceptors (Lipinski definition) is 13. The van der Waals surface area contributed by atoms with Gasteiger partial charge in [-0.05, 0) is 85.4 Å². The standard InChI is InChI=1S/C38H60O13/c1-17-5-10-38(47-15-17)18(2)28-26(51-38)13-22-20-12-24(40)23-11-19(6-8-36(23,3)21(20)7-9-37(22,28)4)48-35-32(45)30(43)33(27(14-39)49-35)50-34-31(44)29(42)25(41)16-46-34/h17-23,25-35,39,41-45H,5-16H2,1-4H3. The molecule has 13 heteroatoms. The number of ether oxygens (including phenoxy) is 6. The van der Waals surface area contributed by atoms with E-state index >= 15 is 0 Å². The first-order chi connectivity index (χ1) is 24.2. The molecule has 1 spiro atoms. The lowest BCUT2D eigenvalue weighted by atomic mass is 9.44. The van der Waals surface area contributed by atoms with Crippen LogP contribution < -0.4 is 0 Å². The Balaban J connectivity index is 0.916. The number of fused-ring (bicyclic) bond motifs is 7. The molecule has 0 aromatic carbocycles. The molecular weight excluding hydrogens is 664 g/mol. The van der Waals surface area contributed by atoms with Crippen molar-refractivity contribution in [2.75, 3.05) is 19.8 Å². The first-order valence-electron chi connectivity index (χ1n) is 19.6. The molecule has 0 amide bonds. The number of hydrogen-bond donors (Lipinski definition) is 6. The molecule has 4 aliphatic carbocycles. The van der Waals surface area contributed by atoms with Gasteiger partial charge in [-0.2, -0.15) is 0 Å². The molecule has 21 unspecified atom stereocenters.